The number of carbonyl (C=O) groups is 2. The number of benzene rings is 2. The Bertz CT molecular complexity index is 1180. The zero-order chi connectivity index (χ0) is 23.5. The van der Waals surface area contributed by atoms with Gasteiger partial charge in [-0.3, -0.25) is 14.5 Å². The van der Waals surface area contributed by atoms with E-state index in [-0.39, 0.29) is 11.8 Å². The number of anilines is 1. The fourth-order valence-electron chi connectivity index (χ4n) is 4.07. The Kier molecular flexibility index (Phi) is 6.50. The maximum Gasteiger partial charge on any atom is 0.255 e. The molecule has 4 rings (SSSR count). The lowest BCUT2D eigenvalue weighted by Crippen LogP contribution is -2.47. The summed E-state index contributed by atoms with van der Waals surface area (Å²) < 4.78 is 12.6. The van der Waals surface area contributed by atoms with Crippen molar-refractivity contribution in [3.63, 3.8) is 0 Å². The number of ether oxygens (including phenoxy) is 2. The van der Waals surface area contributed by atoms with Crippen LogP contribution in [0.1, 0.15) is 23.1 Å². The van der Waals surface area contributed by atoms with E-state index in [9.17, 15) is 9.59 Å². The van der Waals surface area contributed by atoms with E-state index in [1.54, 1.807) is 32.2 Å². The van der Waals surface area contributed by atoms with Crippen LogP contribution < -0.4 is 14.8 Å². The molecule has 1 saturated heterocycles. The minimum atomic E-state index is -0.241. The summed E-state index contributed by atoms with van der Waals surface area (Å²) in [5.41, 5.74) is 2.96. The van der Waals surface area contributed by atoms with E-state index in [0.29, 0.717) is 29.3 Å². The summed E-state index contributed by atoms with van der Waals surface area (Å²) in [7, 11) is 5.09. The summed E-state index contributed by atoms with van der Waals surface area (Å²) in [6.45, 7) is 5.47. The lowest BCUT2D eigenvalue weighted by atomic mass is 10.1. The van der Waals surface area contributed by atoms with Crippen LogP contribution in [0.15, 0.2) is 36.4 Å². The van der Waals surface area contributed by atoms with E-state index in [1.807, 2.05) is 30.1 Å². The summed E-state index contributed by atoms with van der Waals surface area (Å²) >= 11 is 0. The van der Waals surface area contributed by atoms with E-state index >= 15 is 0 Å². The van der Waals surface area contributed by atoms with E-state index in [2.05, 4.69) is 14.8 Å². The van der Waals surface area contributed by atoms with Crippen molar-refractivity contribution < 1.29 is 19.1 Å². The average molecular weight is 452 g/mol. The van der Waals surface area contributed by atoms with Crippen LogP contribution in [0.4, 0.5) is 5.69 Å². The third-order valence-electron chi connectivity index (χ3n) is 6.06. The predicted octanol–water partition coefficient (Wildman–Crippen LogP) is 2.51. The number of carbonyl (C=O) groups excluding carboxylic acids is 2. The normalized spacial score (nSPS) is 14.4. The Hall–Kier alpha value is -3.59. The number of fused-ring (bicyclic) bond motifs is 1. The molecule has 0 unspecified atom stereocenters. The van der Waals surface area contributed by atoms with Gasteiger partial charge in [-0.15, -0.1) is 0 Å². The quantitative estimate of drug-likeness (QED) is 0.620. The van der Waals surface area contributed by atoms with Gasteiger partial charge in [0.05, 0.1) is 31.8 Å². The molecule has 1 aliphatic rings. The number of aryl methyl sites for hydroxylation is 1. The van der Waals surface area contributed by atoms with Gasteiger partial charge in [-0.25, -0.2) is 4.98 Å². The maximum atomic E-state index is 12.8. The van der Waals surface area contributed by atoms with Gasteiger partial charge in [0.15, 0.2) is 11.5 Å². The Morgan fingerprint density at radius 2 is 1.73 bits per heavy atom. The van der Waals surface area contributed by atoms with Crippen molar-refractivity contribution in [3.05, 3.63) is 47.8 Å². The van der Waals surface area contributed by atoms with Crippen LogP contribution in [0.25, 0.3) is 11.0 Å². The average Bonchev–Trinajstić information content (AvgIpc) is 3.13. The van der Waals surface area contributed by atoms with Crippen LogP contribution in [0.2, 0.25) is 0 Å². The molecule has 33 heavy (non-hydrogen) atoms. The van der Waals surface area contributed by atoms with Crippen LogP contribution in [-0.4, -0.2) is 71.6 Å². The highest BCUT2D eigenvalue weighted by atomic mass is 16.5. The molecule has 0 bridgehead atoms. The Labute approximate surface area is 192 Å². The highest BCUT2D eigenvalue weighted by molar-refractivity contribution is 6.05. The molecule has 1 aromatic heterocycles. The van der Waals surface area contributed by atoms with Crippen LogP contribution >= 0.6 is 0 Å². The van der Waals surface area contributed by atoms with Gasteiger partial charge < -0.3 is 24.3 Å². The number of nitrogens with zero attached hydrogens (tertiary/aromatic N) is 4. The molecule has 9 nitrogen and oxygen atoms in total. The number of methoxy groups -OCH3 is 2. The molecule has 1 fully saturated rings. The lowest BCUT2D eigenvalue weighted by molar-refractivity contribution is -0.130. The molecular weight excluding hydrogens is 422 g/mol. The van der Waals surface area contributed by atoms with E-state index in [0.717, 1.165) is 43.0 Å². The number of hydrogen-bond acceptors (Lipinski definition) is 6. The second kappa shape index (κ2) is 9.50. The molecule has 174 valence electrons. The molecule has 0 spiro atoms. The van der Waals surface area contributed by atoms with Gasteiger partial charge in [-0.05, 0) is 36.4 Å². The Morgan fingerprint density at radius 3 is 2.39 bits per heavy atom. The number of hydrogen-bond donors (Lipinski definition) is 1. The molecule has 0 radical (unpaired) electrons. The highest BCUT2D eigenvalue weighted by Crippen LogP contribution is 2.28. The zero-order valence-corrected chi connectivity index (χ0v) is 19.4. The first-order valence-electron chi connectivity index (χ1n) is 10.9. The largest absolute Gasteiger partial charge is 0.493 e. The van der Waals surface area contributed by atoms with Gasteiger partial charge in [-0.2, -0.15) is 0 Å². The molecule has 1 aliphatic heterocycles. The van der Waals surface area contributed by atoms with Crippen LogP contribution in [0.3, 0.4) is 0 Å². The molecule has 2 aromatic carbocycles. The molecule has 3 aromatic rings. The fraction of sp³-hybridized carbons (Fsp3) is 0.375. The number of piperazine rings is 1. The van der Waals surface area contributed by atoms with Crippen LogP contribution in [0, 0.1) is 0 Å². The van der Waals surface area contributed by atoms with E-state index in [4.69, 9.17) is 14.5 Å². The topological polar surface area (TPSA) is 88.9 Å². The van der Waals surface area contributed by atoms with Crippen molar-refractivity contribution in [1.82, 2.24) is 19.4 Å². The Balaban J connectivity index is 1.47. The van der Waals surface area contributed by atoms with Gasteiger partial charge in [0.2, 0.25) is 5.91 Å². The zero-order valence-electron chi connectivity index (χ0n) is 19.4. The van der Waals surface area contributed by atoms with Crippen molar-refractivity contribution in [2.24, 2.45) is 7.05 Å². The van der Waals surface area contributed by atoms with Gasteiger partial charge in [0.1, 0.15) is 5.82 Å². The minimum Gasteiger partial charge on any atom is -0.493 e. The van der Waals surface area contributed by atoms with Gasteiger partial charge >= 0.3 is 0 Å². The second-order valence-electron chi connectivity index (χ2n) is 8.10. The number of rotatable bonds is 6. The van der Waals surface area contributed by atoms with Crippen LogP contribution in [-0.2, 0) is 18.4 Å². The standard InChI is InChI=1S/C24H29N5O4/c1-16(30)29-11-9-28(10-12-29)15-23-26-19-14-18(6-7-20(19)27(23)2)25-24(31)17-5-8-21(32-3)22(13-17)33-4/h5-8,13-14H,9-12,15H2,1-4H3,(H,25,31). The third kappa shape index (κ3) is 4.78. The van der Waals surface area contributed by atoms with E-state index in [1.165, 1.54) is 7.11 Å². The summed E-state index contributed by atoms with van der Waals surface area (Å²) in [6.07, 6.45) is 0. The fourth-order valence-corrected chi connectivity index (χ4v) is 4.07. The van der Waals surface area contributed by atoms with Gasteiger partial charge in [-0.1, -0.05) is 0 Å². The van der Waals surface area contributed by atoms with Crippen molar-refractivity contribution >= 4 is 28.5 Å². The molecule has 0 atom stereocenters. The summed E-state index contributed by atoms with van der Waals surface area (Å²) in [4.78, 5) is 33.3. The molecule has 2 heterocycles. The first-order valence-corrected chi connectivity index (χ1v) is 10.9. The summed E-state index contributed by atoms with van der Waals surface area (Å²) in [5, 5.41) is 2.93. The van der Waals surface area contributed by atoms with Crippen molar-refractivity contribution in [2.75, 3.05) is 45.7 Å². The van der Waals surface area contributed by atoms with Crippen LogP contribution in [0.5, 0.6) is 11.5 Å². The summed E-state index contributed by atoms with van der Waals surface area (Å²) in [5.74, 6) is 1.90. The molecule has 9 heteroatoms. The van der Waals surface area contributed by atoms with Crippen molar-refractivity contribution in [2.45, 2.75) is 13.5 Å². The minimum absolute atomic E-state index is 0.125. The van der Waals surface area contributed by atoms with Crippen molar-refractivity contribution in [3.8, 4) is 11.5 Å². The number of aromatic nitrogens is 2. The SMILES string of the molecule is COc1ccc(C(=O)Nc2ccc3c(c2)nc(CN2CCN(C(C)=O)CC2)n3C)cc1OC. The smallest absolute Gasteiger partial charge is 0.255 e. The van der Waals surface area contributed by atoms with Crippen molar-refractivity contribution in [1.29, 1.82) is 0 Å². The number of nitrogens with one attached hydrogen (secondary N) is 1. The molecule has 1 N–H and O–H groups in total. The second-order valence-corrected chi connectivity index (χ2v) is 8.10. The first kappa shape index (κ1) is 22.6. The lowest BCUT2D eigenvalue weighted by Gasteiger charge is -2.33. The first-order chi connectivity index (χ1) is 15.9. The highest BCUT2D eigenvalue weighted by Gasteiger charge is 2.20. The predicted molar refractivity (Wildman–Crippen MR) is 126 cm³/mol. The molecule has 2 amide bonds. The monoisotopic (exact) mass is 451 g/mol. The molecule has 0 saturated carbocycles. The number of amides is 2. The third-order valence-corrected chi connectivity index (χ3v) is 6.06. The summed E-state index contributed by atoms with van der Waals surface area (Å²) in [6, 6.07) is 10.8. The Morgan fingerprint density at radius 1 is 1.00 bits per heavy atom. The van der Waals surface area contributed by atoms with Gasteiger partial charge in [0, 0.05) is 51.4 Å². The number of imidazole rings is 1. The van der Waals surface area contributed by atoms with Gasteiger partial charge in [0.25, 0.3) is 5.91 Å². The molecular formula is C24H29N5O4. The van der Waals surface area contributed by atoms with E-state index < -0.39 is 0 Å². The maximum absolute atomic E-state index is 12.8. The molecule has 0 aliphatic carbocycles.